The monoisotopic (exact) mass is 534 g/mol. The molecule has 2 aromatic carbocycles. The van der Waals surface area contributed by atoms with Crippen LogP contribution in [0.15, 0.2) is 56.5 Å². The second-order valence-corrected chi connectivity index (χ2v) is 10.4. The molecule has 0 radical (unpaired) electrons. The summed E-state index contributed by atoms with van der Waals surface area (Å²) >= 11 is 0. The number of allylic oxidation sites excluding steroid dienone is 2. The van der Waals surface area contributed by atoms with E-state index in [2.05, 4.69) is 37.2 Å². The number of aryl methyl sites for hydroxylation is 2. The van der Waals surface area contributed by atoms with Crippen molar-refractivity contribution in [2.75, 3.05) is 40.3 Å². The van der Waals surface area contributed by atoms with Crippen molar-refractivity contribution < 1.29 is 8.78 Å². The molecule has 0 saturated carbocycles. The summed E-state index contributed by atoms with van der Waals surface area (Å²) in [7, 11) is 3.92. The molecule has 1 atom stereocenters. The van der Waals surface area contributed by atoms with Crippen molar-refractivity contribution in [1.82, 2.24) is 15.5 Å². The number of nitrogens with one attached hydrogen (secondary N) is 2. The van der Waals surface area contributed by atoms with Gasteiger partial charge in [-0.3, -0.25) is 9.98 Å². The zero-order valence-electron chi connectivity index (χ0n) is 23.8. The smallest absolute Gasteiger partial charge is 0.175 e. The zero-order chi connectivity index (χ0) is 28.2. The van der Waals surface area contributed by atoms with Gasteiger partial charge >= 0.3 is 0 Å². The normalized spacial score (nSPS) is 22.2. The summed E-state index contributed by atoms with van der Waals surface area (Å²) in [5.41, 5.74) is 2.86. The largest absolute Gasteiger partial charge is 0.354 e. The molecule has 0 amide bonds. The highest BCUT2D eigenvalue weighted by atomic mass is 19.1. The lowest BCUT2D eigenvalue weighted by Gasteiger charge is -2.44. The molecule has 39 heavy (non-hydrogen) atoms. The van der Waals surface area contributed by atoms with Crippen LogP contribution in [-0.2, 0) is 6.42 Å². The molecule has 6 nitrogen and oxygen atoms in total. The Kier molecular flexibility index (Phi) is 9.08. The Hall–Kier alpha value is -3.23. The van der Waals surface area contributed by atoms with Crippen LogP contribution in [0, 0.1) is 12.7 Å². The molecule has 1 unspecified atom stereocenters. The minimum Gasteiger partial charge on any atom is -0.354 e. The Morgan fingerprint density at radius 1 is 1.21 bits per heavy atom. The summed E-state index contributed by atoms with van der Waals surface area (Å²) in [4.78, 5) is 15.9. The van der Waals surface area contributed by atoms with Crippen LogP contribution in [0.25, 0.3) is 16.5 Å². The van der Waals surface area contributed by atoms with E-state index in [-0.39, 0.29) is 22.8 Å². The summed E-state index contributed by atoms with van der Waals surface area (Å²) in [5, 5.41) is 8.33. The van der Waals surface area contributed by atoms with E-state index < -0.39 is 5.83 Å². The van der Waals surface area contributed by atoms with Gasteiger partial charge in [-0.15, -0.1) is 0 Å². The highest BCUT2D eigenvalue weighted by Crippen LogP contribution is 2.37. The molecule has 4 rings (SSSR count). The summed E-state index contributed by atoms with van der Waals surface area (Å²) in [6.45, 7) is 12.4. The fraction of sp³-hybridized carbons (Fsp3) is 0.452. The van der Waals surface area contributed by atoms with Crippen molar-refractivity contribution in [3.8, 4) is 0 Å². The zero-order valence-corrected chi connectivity index (χ0v) is 23.8. The van der Waals surface area contributed by atoms with E-state index in [0.29, 0.717) is 47.4 Å². The van der Waals surface area contributed by atoms with Crippen molar-refractivity contribution in [1.29, 1.82) is 0 Å². The first-order valence-corrected chi connectivity index (χ1v) is 13.8. The molecular formula is C31H40F2N6. The van der Waals surface area contributed by atoms with Crippen LogP contribution >= 0.6 is 0 Å². The van der Waals surface area contributed by atoms with Crippen LogP contribution in [0.2, 0.25) is 0 Å². The molecule has 2 aliphatic heterocycles. The highest BCUT2D eigenvalue weighted by molar-refractivity contribution is 6.29. The quantitative estimate of drug-likeness (QED) is 0.411. The number of fused-ring (bicyclic) bond motifs is 1. The van der Waals surface area contributed by atoms with Gasteiger partial charge in [0.1, 0.15) is 23.0 Å². The second kappa shape index (κ2) is 12.3. The maximum atomic E-state index is 16.6. The number of benzene rings is 2. The van der Waals surface area contributed by atoms with Crippen LogP contribution in [0.1, 0.15) is 49.8 Å². The van der Waals surface area contributed by atoms with Gasteiger partial charge in [-0.25, -0.2) is 13.8 Å². The van der Waals surface area contributed by atoms with Gasteiger partial charge < -0.3 is 15.5 Å². The molecule has 2 aliphatic rings. The predicted molar refractivity (Wildman–Crippen MR) is 160 cm³/mol. The first-order valence-electron chi connectivity index (χ1n) is 13.8. The van der Waals surface area contributed by atoms with E-state index in [4.69, 9.17) is 0 Å². The number of rotatable bonds is 9. The molecular weight excluding hydrogens is 494 g/mol. The molecule has 2 aromatic rings. The van der Waals surface area contributed by atoms with Crippen LogP contribution in [0.4, 0.5) is 8.78 Å². The number of likely N-dealkylation sites (tertiary alicyclic amines) is 1. The van der Waals surface area contributed by atoms with Gasteiger partial charge in [-0.2, -0.15) is 0 Å². The maximum absolute atomic E-state index is 16.6. The van der Waals surface area contributed by atoms with E-state index in [0.717, 1.165) is 43.3 Å². The Morgan fingerprint density at radius 2 is 2.00 bits per heavy atom. The summed E-state index contributed by atoms with van der Waals surface area (Å²) in [6, 6.07) is 7.11. The number of aliphatic imine (C=N–C) groups is 3. The van der Waals surface area contributed by atoms with Crippen LogP contribution in [-0.4, -0.2) is 69.4 Å². The third kappa shape index (κ3) is 5.58. The Morgan fingerprint density at radius 3 is 2.67 bits per heavy atom. The van der Waals surface area contributed by atoms with Crippen molar-refractivity contribution in [2.45, 2.75) is 52.0 Å². The van der Waals surface area contributed by atoms with Gasteiger partial charge in [0.05, 0.1) is 5.57 Å². The second-order valence-electron chi connectivity index (χ2n) is 10.4. The Bertz CT molecular complexity index is 1370. The molecule has 0 aliphatic carbocycles. The van der Waals surface area contributed by atoms with Gasteiger partial charge in [0.2, 0.25) is 0 Å². The van der Waals surface area contributed by atoms with Gasteiger partial charge in [0.25, 0.3) is 0 Å². The molecule has 0 aromatic heterocycles. The minimum absolute atomic E-state index is 0.142. The van der Waals surface area contributed by atoms with Gasteiger partial charge in [0, 0.05) is 43.5 Å². The predicted octanol–water partition coefficient (Wildman–Crippen LogP) is 5.61. The van der Waals surface area contributed by atoms with Crippen molar-refractivity contribution in [3.63, 3.8) is 0 Å². The highest BCUT2D eigenvalue weighted by Gasteiger charge is 2.36. The lowest BCUT2D eigenvalue weighted by atomic mass is 9.88. The molecule has 0 spiro atoms. The van der Waals surface area contributed by atoms with Crippen molar-refractivity contribution in [2.24, 2.45) is 15.0 Å². The van der Waals surface area contributed by atoms with E-state index in [1.165, 1.54) is 6.07 Å². The number of nitrogens with zero attached hydrogens (tertiary/aromatic N) is 4. The van der Waals surface area contributed by atoms with Gasteiger partial charge in [-0.1, -0.05) is 26.0 Å². The Labute approximate surface area is 230 Å². The number of hydrogen-bond acceptors (Lipinski definition) is 6. The average Bonchev–Trinajstić information content (AvgIpc) is 2.93. The molecule has 2 heterocycles. The first kappa shape index (κ1) is 28.8. The molecule has 2 N–H and O–H groups in total. The molecule has 8 heteroatoms. The number of likely N-dealkylation sites (N-methyl/N-ethyl adjacent to an activating group) is 2. The van der Waals surface area contributed by atoms with E-state index in [9.17, 15) is 4.39 Å². The lowest BCUT2D eigenvalue weighted by molar-refractivity contribution is 0.155. The van der Waals surface area contributed by atoms with Gasteiger partial charge in [-0.05, 0) is 87.5 Å². The van der Waals surface area contributed by atoms with Crippen LogP contribution in [0.5, 0.6) is 0 Å². The Balaban J connectivity index is 1.89. The molecule has 208 valence electrons. The molecule has 1 fully saturated rings. The summed E-state index contributed by atoms with van der Waals surface area (Å²) in [6.07, 6.45) is 4.88. The number of piperidine rings is 1. The first-order chi connectivity index (χ1) is 18.8. The van der Waals surface area contributed by atoms with Crippen molar-refractivity contribution in [3.05, 3.63) is 64.0 Å². The maximum Gasteiger partial charge on any atom is 0.175 e. The topological polar surface area (TPSA) is 64.4 Å². The number of halogens is 2. The molecule has 1 saturated heterocycles. The van der Waals surface area contributed by atoms with E-state index in [1.807, 2.05) is 47.0 Å². The van der Waals surface area contributed by atoms with Crippen LogP contribution < -0.4 is 10.6 Å². The fourth-order valence-corrected chi connectivity index (χ4v) is 5.85. The number of hydrogen-bond donors (Lipinski definition) is 2. The standard InChI is InChI=1S/C31H40F2N6/c1-7-13-37-29-24(30(35-5)39-14-9-12-31(19-39,36-6)18-34-4)17-38-28(27(29)33)23-16-20(3)15-21-10-11-25(32)22(8-2)26(21)23/h10-11,15-17,34,36H,5,7-9,12-14,18-19H2,1-4,6H3/b30-24+,37-29+. The van der Waals surface area contributed by atoms with Crippen LogP contribution in [0.3, 0.4) is 0 Å². The van der Waals surface area contributed by atoms with E-state index >= 15 is 4.39 Å². The minimum atomic E-state index is -0.521. The van der Waals surface area contributed by atoms with Crippen molar-refractivity contribution >= 4 is 35.1 Å². The SMILES string of the molecule is C=N/C(=C1/C=NC(c2cc(C)cc3ccc(F)c(CC)c23)=C(F)/C1=N/CCC)N1CCCC(CNC)(NC)C1. The molecule has 0 bridgehead atoms. The summed E-state index contributed by atoms with van der Waals surface area (Å²) in [5.74, 6) is -0.241. The average molecular weight is 535 g/mol. The third-order valence-electron chi connectivity index (χ3n) is 7.72. The fourth-order valence-electron chi connectivity index (χ4n) is 5.85. The van der Waals surface area contributed by atoms with Gasteiger partial charge in [0.15, 0.2) is 5.83 Å². The lowest BCUT2D eigenvalue weighted by Crippen LogP contribution is -2.60. The van der Waals surface area contributed by atoms with E-state index in [1.54, 1.807) is 12.3 Å². The summed E-state index contributed by atoms with van der Waals surface area (Å²) < 4.78 is 31.4. The third-order valence-corrected chi connectivity index (χ3v) is 7.72.